The monoisotopic (exact) mass is 309 g/mol. The van der Waals surface area contributed by atoms with Gasteiger partial charge in [0, 0.05) is 17.3 Å². The summed E-state index contributed by atoms with van der Waals surface area (Å²) in [4.78, 5) is 9.82. The van der Waals surface area contributed by atoms with Crippen LogP contribution in [0.2, 0.25) is 0 Å². The van der Waals surface area contributed by atoms with Crippen LogP contribution < -0.4 is 5.32 Å². The number of aromatic nitrogens is 2. The van der Waals surface area contributed by atoms with Gasteiger partial charge in [-0.15, -0.1) is 11.3 Å². The van der Waals surface area contributed by atoms with Crippen LogP contribution >= 0.6 is 11.3 Å². The lowest BCUT2D eigenvalue weighted by molar-refractivity contribution is 0.860. The highest BCUT2D eigenvalue weighted by Gasteiger charge is 2.16. The van der Waals surface area contributed by atoms with E-state index in [1.807, 2.05) is 6.07 Å². The fraction of sp³-hybridized carbons (Fsp3) is 0.222. The van der Waals surface area contributed by atoms with Gasteiger partial charge >= 0.3 is 0 Å². The molecule has 2 aromatic heterocycles. The number of rotatable bonds is 5. The average molecular weight is 309 g/mol. The fourth-order valence-corrected chi connectivity index (χ4v) is 3.15. The molecule has 22 heavy (non-hydrogen) atoms. The summed E-state index contributed by atoms with van der Waals surface area (Å²) in [5, 5.41) is 5.53. The van der Waals surface area contributed by atoms with Crippen LogP contribution in [0.25, 0.3) is 0 Å². The standard InChI is InChI=1S/C18H19N3S/c1-13(2)14-6-8-15(9-7-14)17(16-5-3-12-22-16)21-18-19-10-4-11-20-18/h3-13,17H,1-2H3,(H,19,20,21). The molecule has 0 bridgehead atoms. The minimum atomic E-state index is 0.0728. The van der Waals surface area contributed by atoms with E-state index >= 15 is 0 Å². The van der Waals surface area contributed by atoms with E-state index in [2.05, 4.69) is 70.9 Å². The van der Waals surface area contributed by atoms with Gasteiger partial charge in [-0.2, -0.15) is 0 Å². The summed E-state index contributed by atoms with van der Waals surface area (Å²) in [6, 6.07) is 14.9. The molecule has 0 spiro atoms. The molecular weight excluding hydrogens is 290 g/mol. The summed E-state index contributed by atoms with van der Waals surface area (Å²) in [6.07, 6.45) is 3.51. The van der Waals surface area contributed by atoms with E-state index in [1.165, 1.54) is 16.0 Å². The van der Waals surface area contributed by atoms with Gasteiger partial charge in [0.2, 0.25) is 5.95 Å². The normalized spacial score (nSPS) is 12.3. The van der Waals surface area contributed by atoms with Gasteiger partial charge in [0.15, 0.2) is 0 Å². The predicted molar refractivity (Wildman–Crippen MR) is 92.3 cm³/mol. The van der Waals surface area contributed by atoms with Crippen molar-refractivity contribution in [3.8, 4) is 0 Å². The second kappa shape index (κ2) is 6.71. The largest absolute Gasteiger partial charge is 0.342 e. The van der Waals surface area contributed by atoms with Gasteiger partial charge in [-0.25, -0.2) is 9.97 Å². The second-order valence-electron chi connectivity index (χ2n) is 5.49. The number of hydrogen-bond acceptors (Lipinski definition) is 4. The van der Waals surface area contributed by atoms with Gasteiger partial charge in [0.1, 0.15) is 0 Å². The molecule has 0 fully saturated rings. The number of hydrogen-bond donors (Lipinski definition) is 1. The lowest BCUT2D eigenvalue weighted by Gasteiger charge is -2.18. The first-order chi connectivity index (χ1) is 10.7. The first-order valence-corrected chi connectivity index (χ1v) is 8.29. The van der Waals surface area contributed by atoms with Gasteiger partial charge in [0.05, 0.1) is 6.04 Å². The minimum Gasteiger partial charge on any atom is -0.342 e. The molecule has 0 radical (unpaired) electrons. The summed E-state index contributed by atoms with van der Waals surface area (Å²) >= 11 is 1.74. The number of benzene rings is 1. The van der Waals surface area contributed by atoms with E-state index in [1.54, 1.807) is 23.7 Å². The average Bonchev–Trinajstić information content (AvgIpc) is 3.08. The van der Waals surface area contributed by atoms with E-state index in [0.717, 1.165) is 0 Å². The summed E-state index contributed by atoms with van der Waals surface area (Å²) in [5.74, 6) is 1.19. The molecule has 1 atom stereocenters. The third-order valence-corrected chi connectivity index (χ3v) is 4.54. The SMILES string of the molecule is CC(C)c1ccc(C(Nc2ncccn2)c2cccs2)cc1. The molecule has 1 unspecified atom stereocenters. The second-order valence-corrected chi connectivity index (χ2v) is 6.47. The smallest absolute Gasteiger partial charge is 0.223 e. The van der Waals surface area contributed by atoms with Crippen molar-refractivity contribution in [2.75, 3.05) is 5.32 Å². The molecule has 3 nitrogen and oxygen atoms in total. The Morgan fingerprint density at radius 3 is 2.18 bits per heavy atom. The summed E-state index contributed by atoms with van der Waals surface area (Å²) in [5.41, 5.74) is 2.57. The molecule has 0 aliphatic carbocycles. The molecule has 0 aliphatic heterocycles. The maximum absolute atomic E-state index is 4.28. The van der Waals surface area contributed by atoms with E-state index < -0.39 is 0 Å². The van der Waals surface area contributed by atoms with Crippen molar-refractivity contribution >= 4 is 17.3 Å². The number of anilines is 1. The van der Waals surface area contributed by atoms with E-state index in [0.29, 0.717) is 11.9 Å². The van der Waals surface area contributed by atoms with Gasteiger partial charge in [-0.3, -0.25) is 0 Å². The Bertz CT molecular complexity index is 691. The van der Waals surface area contributed by atoms with Crippen LogP contribution in [0.5, 0.6) is 0 Å². The molecule has 1 aromatic carbocycles. The lowest BCUT2D eigenvalue weighted by Crippen LogP contribution is -2.13. The van der Waals surface area contributed by atoms with Crippen molar-refractivity contribution in [2.24, 2.45) is 0 Å². The maximum atomic E-state index is 4.28. The highest BCUT2D eigenvalue weighted by Crippen LogP contribution is 2.29. The fourth-order valence-electron chi connectivity index (χ4n) is 2.35. The summed E-state index contributed by atoms with van der Waals surface area (Å²) in [7, 11) is 0. The zero-order chi connectivity index (χ0) is 15.4. The first-order valence-electron chi connectivity index (χ1n) is 7.41. The Morgan fingerprint density at radius 2 is 1.59 bits per heavy atom. The summed E-state index contributed by atoms with van der Waals surface area (Å²) < 4.78 is 0. The molecule has 4 heteroatoms. The van der Waals surface area contributed by atoms with Crippen LogP contribution in [0.3, 0.4) is 0 Å². The maximum Gasteiger partial charge on any atom is 0.223 e. The zero-order valence-corrected chi connectivity index (χ0v) is 13.5. The highest BCUT2D eigenvalue weighted by atomic mass is 32.1. The Hall–Kier alpha value is -2.20. The van der Waals surface area contributed by atoms with Crippen molar-refractivity contribution in [3.05, 3.63) is 76.2 Å². The van der Waals surface area contributed by atoms with Crippen LogP contribution in [-0.4, -0.2) is 9.97 Å². The number of nitrogens with zero attached hydrogens (tertiary/aromatic N) is 2. The molecule has 0 saturated carbocycles. The number of thiophene rings is 1. The van der Waals surface area contributed by atoms with E-state index in [4.69, 9.17) is 0 Å². The Labute approximate surface area is 135 Å². The first kappa shape index (κ1) is 14.7. The quantitative estimate of drug-likeness (QED) is 0.731. The highest BCUT2D eigenvalue weighted by molar-refractivity contribution is 7.10. The molecule has 0 amide bonds. The molecular formula is C18H19N3S. The molecule has 2 heterocycles. The van der Waals surface area contributed by atoms with Crippen molar-refractivity contribution < 1.29 is 0 Å². The molecule has 0 saturated heterocycles. The van der Waals surface area contributed by atoms with Crippen molar-refractivity contribution in [1.29, 1.82) is 0 Å². The van der Waals surface area contributed by atoms with Crippen LogP contribution in [0, 0.1) is 0 Å². The summed E-state index contributed by atoms with van der Waals surface area (Å²) in [6.45, 7) is 4.42. The zero-order valence-electron chi connectivity index (χ0n) is 12.7. The predicted octanol–water partition coefficient (Wildman–Crippen LogP) is 4.86. The molecule has 0 aliphatic rings. The van der Waals surface area contributed by atoms with Crippen LogP contribution in [0.1, 0.15) is 41.8 Å². The van der Waals surface area contributed by atoms with E-state index in [9.17, 15) is 0 Å². The van der Waals surface area contributed by atoms with Crippen molar-refractivity contribution in [1.82, 2.24) is 9.97 Å². The van der Waals surface area contributed by atoms with Gasteiger partial charge in [-0.05, 0) is 34.6 Å². The lowest BCUT2D eigenvalue weighted by atomic mass is 9.98. The van der Waals surface area contributed by atoms with Crippen LogP contribution in [0.15, 0.2) is 60.2 Å². The molecule has 3 aromatic rings. The Balaban J connectivity index is 1.92. The van der Waals surface area contributed by atoms with Gasteiger partial charge < -0.3 is 5.32 Å². The van der Waals surface area contributed by atoms with Crippen molar-refractivity contribution in [3.63, 3.8) is 0 Å². The van der Waals surface area contributed by atoms with Crippen molar-refractivity contribution in [2.45, 2.75) is 25.8 Å². The molecule has 112 valence electrons. The van der Waals surface area contributed by atoms with E-state index in [-0.39, 0.29) is 6.04 Å². The molecule has 1 N–H and O–H groups in total. The third kappa shape index (κ3) is 3.34. The van der Waals surface area contributed by atoms with Gasteiger partial charge in [-0.1, -0.05) is 44.2 Å². The van der Waals surface area contributed by atoms with Crippen LogP contribution in [0.4, 0.5) is 5.95 Å². The number of nitrogens with one attached hydrogen (secondary N) is 1. The van der Waals surface area contributed by atoms with Gasteiger partial charge in [0.25, 0.3) is 0 Å². The Morgan fingerprint density at radius 1 is 0.909 bits per heavy atom. The molecule has 3 rings (SSSR count). The Kier molecular flexibility index (Phi) is 4.49. The third-order valence-electron chi connectivity index (χ3n) is 3.60. The minimum absolute atomic E-state index is 0.0728. The van der Waals surface area contributed by atoms with Crippen LogP contribution in [-0.2, 0) is 0 Å². The topological polar surface area (TPSA) is 37.8 Å².